The van der Waals surface area contributed by atoms with Crippen molar-refractivity contribution in [1.29, 1.82) is 0 Å². The molecule has 0 unspecified atom stereocenters. The fraction of sp³-hybridized carbons (Fsp3) is 0.333. The molecule has 0 fully saturated rings. The first-order valence-electron chi connectivity index (χ1n) is 10.6. The molecule has 9 heteroatoms. The SMILES string of the molecule is CC(C)(C)C(=O)CSc1nc2c(sc(=S)n2CCc2ccccc2)c(=O)n1Cc1ccco1. The van der Waals surface area contributed by atoms with Crippen molar-refractivity contribution in [3.63, 3.8) is 0 Å². The van der Waals surface area contributed by atoms with E-state index >= 15 is 0 Å². The molecule has 0 saturated carbocycles. The van der Waals surface area contributed by atoms with Crippen molar-refractivity contribution in [2.75, 3.05) is 5.75 Å². The van der Waals surface area contributed by atoms with Crippen molar-refractivity contribution in [3.05, 3.63) is 74.4 Å². The molecule has 0 saturated heterocycles. The van der Waals surface area contributed by atoms with Gasteiger partial charge in [0.25, 0.3) is 5.56 Å². The standard InChI is InChI=1S/C24H25N3O3S3/c1-24(2,3)18(28)15-32-22-25-20-19(21(29)27(22)14-17-10-7-13-30-17)33-23(31)26(20)12-11-16-8-5-4-6-9-16/h4-10,13H,11-12,14-15H2,1-3H3. The highest BCUT2D eigenvalue weighted by Gasteiger charge is 2.23. The quantitative estimate of drug-likeness (QED) is 0.179. The first kappa shape index (κ1) is 23.7. The number of aromatic nitrogens is 3. The highest BCUT2D eigenvalue weighted by molar-refractivity contribution is 7.99. The summed E-state index contributed by atoms with van der Waals surface area (Å²) in [5.41, 5.74) is 1.13. The molecule has 0 aliphatic rings. The van der Waals surface area contributed by atoms with E-state index in [1.54, 1.807) is 16.9 Å². The number of hydrogen-bond acceptors (Lipinski definition) is 7. The lowest BCUT2D eigenvalue weighted by Gasteiger charge is -2.17. The fourth-order valence-corrected chi connectivity index (χ4v) is 5.73. The van der Waals surface area contributed by atoms with Crippen LogP contribution in [-0.4, -0.2) is 25.7 Å². The van der Waals surface area contributed by atoms with Gasteiger partial charge in [-0.2, -0.15) is 0 Å². The Morgan fingerprint density at radius 3 is 2.58 bits per heavy atom. The van der Waals surface area contributed by atoms with Crippen LogP contribution in [0.4, 0.5) is 0 Å². The summed E-state index contributed by atoms with van der Waals surface area (Å²) >= 11 is 8.16. The van der Waals surface area contributed by atoms with Crippen molar-refractivity contribution in [2.45, 2.75) is 45.4 Å². The number of ketones is 1. The average Bonchev–Trinajstić information content (AvgIpc) is 3.40. The molecule has 3 aromatic heterocycles. The lowest BCUT2D eigenvalue weighted by atomic mass is 9.92. The molecule has 172 valence electrons. The van der Waals surface area contributed by atoms with E-state index in [0.29, 0.717) is 31.8 Å². The van der Waals surface area contributed by atoms with Crippen LogP contribution in [0.15, 0.2) is 63.1 Å². The van der Waals surface area contributed by atoms with Gasteiger partial charge in [-0.05, 0) is 36.3 Å². The Labute approximate surface area is 205 Å². The van der Waals surface area contributed by atoms with Crippen LogP contribution in [0.3, 0.4) is 0 Å². The normalized spacial score (nSPS) is 11.8. The van der Waals surface area contributed by atoms with Crippen molar-refractivity contribution < 1.29 is 9.21 Å². The van der Waals surface area contributed by atoms with Gasteiger partial charge in [-0.25, -0.2) is 4.98 Å². The molecule has 0 bridgehead atoms. The van der Waals surface area contributed by atoms with E-state index in [1.165, 1.54) is 28.7 Å². The molecule has 3 heterocycles. The Hall–Kier alpha value is -2.49. The zero-order valence-corrected chi connectivity index (χ0v) is 21.2. The predicted molar refractivity (Wildman–Crippen MR) is 136 cm³/mol. The summed E-state index contributed by atoms with van der Waals surface area (Å²) in [5.74, 6) is 0.973. The summed E-state index contributed by atoms with van der Waals surface area (Å²) in [5, 5.41) is 0.489. The van der Waals surface area contributed by atoms with Gasteiger partial charge in [0.2, 0.25) is 0 Å². The number of thioether (sulfide) groups is 1. The third-order valence-corrected chi connectivity index (χ3v) is 7.67. The maximum Gasteiger partial charge on any atom is 0.274 e. The number of nitrogens with zero attached hydrogens (tertiary/aromatic N) is 3. The Morgan fingerprint density at radius 1 is 1.15 bits per heavy atom. The summed E-state index contributed by atoms with van der Waals surface area (Å²) < 4.78 is 10.1. The van der Waals surface area contributed by atoms with Gasteiger partial charge < -0.3 is 8.98 Å². The van der Waals surface area contributed by atoms with E-state index in [9.17, 15) is 9.59 Å². The third-order valence-electron chi connectivity index (χ3n) is 5.27. The molecular weight excluding hydrogens is 474 g/mol. The fourth-order valence-electron chi connectivity index (χ4n) is 3.25. The smallest absolute Gasteiger partial charge is 0.274 e. The molecule has 4 rings (SSSR count). The lowest BCUT2D eigenvalue weighted by molar-refractivity contribution is -0.123. The minimum Gasteiger partial charge on any atom is -0.467 e. The number of thiazole rings is 1. The second-order valence-corrected chi connectivity index (χ2v) is 11.3. The molecule has 0 N–H and O–H groups in total. The zero-order chi connectivity index (χ0) is 23.6. The van der Waals surface area contributed by atoms with Crippen LogP contribution in [0.1, 0.15) is 32.1 Å². The van der Waals surface area contributed by atoms with Crippen LogP contribution >= 0.6 is 35.3 Å². The van der Waals surface area contributed by atoms with Gasteiger partial charge in [0, 0.05) is 12.0 Å². The van der Waals surface area contributed by atoms with E-state index in [4.69, 9.17) is 21.6 Å². The summed E-state index contributed by atoms with van der Waals surface area (Å²) in [6, 6.07) is 13.7. The lowest BCUT2D eigenvalue weighted by Crippen LogP contribution is -2.26. The third kappa shape index (κ3) is 5.37. The molecule has 0 amide bonds. The Balaban J connectivity index is 1.75. The summed E-state index contributed by atoms with van der Waals surface area (Å²) in [6.45, 7) is 6.55. The number of carbonyl (C=O) groups is 1. The minimum absolute atomic E-state index is 0.0950. The van der Waals surface area contributed by atoms with Gasteiger partial charge in [0.05, 0.1) is 18.6 Å². The first-order valence-corrected chi connectivity index (χ1v) is 12.8. The van der Waals surface area contributed by atoms with Crippen molar-refractivity contribution >= 4 is 51.4 Å². The highest BCUT2D eigenvalue weighted by atomic mass is 32.2. The summed E-state index contributed by atoms with van der Waals surface area (Å²) in [7, 11) is 0. The van der Waals surface area contributed by atoms with E-state index in [0.717, 1.165) is 6.42 Å². The van der Waals surface area contributed by atoms with Crippen LogP contribution in [-0.2, 0) is 24.3 Å². The van der Waals surface area contributed by atoms with E-state index in [2.05, 4.69) is 12.1 Å². The van der Waals surface area contributed by atoms with Crippen molar-refractivity contribution in [2.24, 2.45) is 5.41 Å². The number of hydrogen-bond donors (Lipinski definition) is 0. The Morgan fingerprint density at radius 2 is 1.91 bits per heavy atom. The van der Waals surface area contributed by atoms with Gasteiger partial charge >= 0.3 is 0 Å². The molecule has 1 aromatic carbocycles. The van der Waals surface area contributed by atoms with Crippen LogP contribution in [0.2, 0.25) is 0 Å². The number of benzene rings is 1. The number of fused-ring (bicyclic) bond motifs is 1. The van der Waals surface area contributed by atoms with Gasteiger partial charge in [-0.3, -0.25) is 14.2 Å². The molecule has 0 aliphatic heterocycles. The van der Waals surface area contributed by atoms with Crippen molar-refractivity contribution in [1.82, 2.24) is 14.1 Å². The predicted octanol–water partition coefficient (Wildman–Crippen LogP) is 5.58. The average molecular weight is 500 g/mol. The van der Waals surface area contributed by atoms with E-state index in [-0.39, 0.29) is 23.6 Å². The zero-order valence-electron chi connectivity index (χ0n) is 18.7. The van der Waals surface area contributed by atoms with Crippen molar-refractivity contribution in [3.8, 4) is 0 Å². The largest absolute Gasteiger partial charge is 0.467 e. The van der Waals surface area contributed by atoms with Crippen LogP contribution in [0.5, 0.6) is 0 Å². The Kier molecular flexibility index (Phi) is 7.02. The molecule has 0 aliphatic carbocycles. The van der Waals surface area contributed by atoms with Gasteiger partial charge in [-0.1, -0.05) is 74.2 Å². The molecule has 33 heavy (non-hydrogen) atoms. The van der Waals surface area contributed by atoms with Gasteiger partial charge in [0.1, 0.15) is 16.2 Å². The van der Waals surface area contributed by atoms with Gasteiger partial charge in [-0.15, -0.1) is 0 Å². The second kappa shape index (κ2) is 9.79. The first-order chi connectivity index (χ1) is 15.7. The maximum absolute atomic E-state index is 13.5. The molecular formula is C24H25N3O3S3. The Bertz CT molecular complexity index is 1380. The van der Waals surface area contributed by atoms with Gasteiger partial charge in [0.15, 0.2) is 14.8 Å². The monoisotopic (exact) mass is 499 g/mol. The molecule has 6 nitrogen and oxygen atoms in total. The number of aryl methyl sites for hydroxylation is 2. The van der Waals surface area contributed by atoms with E-state index < -0.39 is 5.41 Å². The molecule has 4 aromatic rings. The van der Waals surface area contributed by atoms with Crippen LogP contribution in [0.25, 0.3) is 10.3 Å². The summed E-state index contributed by atoms with van der Waals surface area (Å²) in [6.07, 6.45) is 2.36. The molecule has 0 spiro atoms. The van der Waals surface area contributed by atoms with E-state index in [1.807, 2.05) is 49.6 Å². The number of rotatable bonds is 8. The number of carbonyl (C=O) groups excluding carboxylic acids is 1. The number of Topliss-reactive ketones (excluding diaryl/α,β-unsaturated/α-hetero) is 1. The molecule has 0 atom stereocenters. The second-order valence-electron chi connectivity index (χ2n) is 8.73. The van der Waals surface area contributed by atoms with Crippen LogP contribution in [0, 0.1) is 9.37 Å². The maximum atomic E-state index is 13.5. The van der Waals surface area contributed by atoms with Crippen LogP contribution < -0.4 is 5.56 Å². The molecule has 0 radical (unpaired) electrons. The summed E-state index contributed by atoms with van der Waals surface area (Å²) in [4.78, 5) is 30.9. The minimum atomic E-state index is -0.463. The topological polar surface area (TPSA) is 70.0 Å². The highest BCUT2D eigenvalue weighted by Crippen LogP contribution is 2.26. The number of furan rings is 1.